The lowest BCUT2D eigenvalue weighted by molar-refractivity contribution is -0.121. The van der Waals surface area contributed by atoms with Gasteiger partial charge in [-0.15, -0.1) is 0 Å². The van der Waals surface area contributed by atoms with Crippen LogP contribution in [0.5, 0.6) is 0 Å². The lowest BCUT2D eigenvalue weighted by atomic mass is 9.77. The van der Waals surface area contributed by atoms with E-state index in [1.165, 1.54) is 0 Å². The van der Waals surface area contributed by atoms with E-state index in [0.717, 1.165) is 50.5 Å². The molecule has 4 atom stereocenters. The van der Waals surface area contributed by atoms with Crippen LogP contribution in [-0.4, -0.2) is 58.3 Å². The maximum Gasteiger partial charge on any atom is 0.217 e. The van der Waals surface area contributed by atoms with E-state index in [1.54, 1.807) is 14.0 Å². The van der Waals surface area contributed by atoms with Crippen LogP contribution in [0, 0.1) is 11.8 Å². The van der Waals surface area contributed by atoms with Crippen LogP contribution >= 0.6 is 0 Å². The third kappa shape index (κ3) is 3.72. The van der Waals surface area contributed by atoms with E-state index in [1.807, 2.05) is 0 Å². The molecule has 1 saturated carbocycles. The summed E-state index contributed by atoms with van der Waals surface area (Å²) in [6.45, 7) is 6.58. The summed E-state index contributed by atoms with van der Waals surface area (Å²) in [7, 11) is 1.74. The Morgan fingerprint density at radius 2 is 2.13 bits per heavy atom. The summed E-state index contributed by atoms with van der Waals surface area (Å²) in [5.41, 5.74) is 0. The van der Waals surface area contributed by atoms with Crippen molar-refractivity contribution in [2.45, 2.75) is 51.8 Å². The van der Waals surface area contributed by atoms with Crippen molar-refractivity contribution in [3.8, 4) is 0 Å². The smallest absolute Gasteiger partial charge is 0.217 e. The zero-order chi connectivity index (χ0) is 16.4. The number of hydrogen-bond donors (Lipinski definition) is 2. The number of methoxy groups -OCH3 is 1. The van der Waals surface area contributed by atoms with Crippen molar-refractivity contribution in [1.29, 1.82) is 0 Å². The molecule has 0 unspecified atom stereocenters. The van der Waals surface area contributed by atoms with Gasteiger partial charge in [-0.1, -0.05) is 6.92 Å². The normalized spacial score (nSPS) is 31.1. The predicted molar refractivity (Wildman–Crippen MR) is 85.7 cm³/mol. The zero-order valence-corrected chi connectivity index (χ0v) is 14.2. The van der Waals surface area contributed by atoms with Crippen molar-refractivity contribution in [3.63, 3.8) is 0 Å². The zero-order valence-electron chi connectivity index (χ0n) is 14.2. The van der Waals surface area contributed by atoms with Crippen LogP contribution in [0.15, 0.2) is 0 Å². The number of rotatable bonds is 5. The Bertz CT molecular complexity index is 546. The number of aromatic amines is 1. The second-order valence-corrected chi connectivity index (χ2v) is 6.82. The minimum atomic E-state index is 0.0270. The first-order valence-electron chi connectivity index (χ1n) is 8.51. The number of likely N-dealkylation sites (tertiary alicyclic amines) is 1. The van der Waals surface area contributed by atoms with Crippen molar-refractivity contribution in [2.24, 2.45) is 11.8 Å². The number of aryl methyl sites for hydroxylation is 1. The second-order valence-electron chi connectivity index (χ2n) is 6.82. The largest absolute Gasteiger partial charge is 0.379 e. The standard InChI is InChI=1S/C16H27N5O2/c1-4-15-18-16(20-19-15)9-21-7-11-5-13(17-10(2)22)14(23-3)6-12(11)8-21/h11-14H,4-9H2,1-3H3,(H,17,22)(H,18,19,20)/t11-,12+,13-,14-/m1/s1. The van der Waals surface area contributed by atoms with Crippen molar-refractivity contribution in [3.05, 3.63) is 11.6 Å². The summed E-state index contributed by atoms with van der Waals surface area (Å²) >= 11 is 0. The molecule has 2 N–H and O–H groups in total. The topological polar surface area (TPSA) is 83.1 Å². The molecule has 128 valence electrons. The molecule has 0 bridgehead atoms. The maximum atomic E-state index is 11.4. The number of nitrogens with zero attached hydrogens (tertiary/aromatic N) is 3. The highest BCUT2D eigenvalue weighted by atomic mass is 16.5. The van der Waals surface area contributed by atoms with Crippen LogP contribution in [-0.2, 0) is 22.5 Å². The molecule has 1 aliphatic heterocycles. The first-order chi connectivity index (χ1) is 11.1. The van der Waals surface area contributed by atoms with Gasteiger partial charge < -0.3 is 10.1 Å². The van der Waals surface area contributed by atoms with E-state index in [2.05, 4.69) is 32.3 Å². The summed E-state index contributed by atoms with van der Waals surface area (Å²) in [5.74, 6) is 3.11. The van der Waals surface area contributed by atoms with E-state index in [9.17, 15) is 4.79 Å². The van der Waals surface area contributed by atoms with Gasteiger partial charge in [-0.05, 0) is 24.7 Å². The fraction of sp³-hybridized carbons (Fsp3) is 0.812. The van der Waals surface area contributed by atoms with Crippen molar-refractivity contribution < 1.29 is 9.53 Å². The van der Waals surface area contributed by atoms with Crippen LogP contribution in [0.25, 0.3) is 0 Å². The number of nitrogens with one attached hydrogen (secondary N) is 2. The summed E-state index contributed by atoms with van der Waals surface area (Å²) in [6, 6.07) is 0.135. The quantitative estimate of drug-likeness (QED) is 0.835. The third-order valence-electron chi connectivity index (χ3n) is 5.15. The molecule has 0 aromatic carbocycles. The maximum absolute atomic E-state index is 11.4. The van der Waals surface area contributed by atoms with Crippen LogP contribution in [0.1, 0.15) is 38.3 Å². The minimum absolute atomic E-state index is 0.0270. The summed E-state index contributed by atoms with van der Waals surface area (Å²) in [6.07, 6.45) is 2.99. The van der Waals surface area contributed by atoms with Crippen LogP contribution in [0.3, 0.4) is 0 Å². The molecule has 1 aromatic heterocycles. The fourth-order valence-electron chi connectivity index (χ4n) is 4.09. The molecule has 1 amide bonds. The SMILES string of the molecule is CCc1n[nH]c(CN2C[C@H]3C[C@@H](NC(C)=O)[C@H](OC)C[C@H]3C2)n1. The van der Waals surface area contributed by atoms with E-state index in [4.69, 9.17) is 4.74 Å². The van der Waals surface area contributed by atoms with Crippen molar-refractivity contribution >= 4 is 5.91 Å². The third-order valence-corrected chi connectivity index (χ3v) is 5.15. The van der Waals surface area contributed by atoms with Crippen LogP contribution in [0.2, 0.25) is 0 Å². The van der Waals surface area contributed by atoms with Crippen LogP contribution in [0.4, 0.5) is 0 Å². The molecular weight excluding hydrogens is 294 g/mol. The molecular formula is C16H27N5O2. The molecule has 0 radical (unpaired) electrons. The fourth-order valence-corrected chi connectivity index (χ4v) is 4.09. The number of aromatic nitrogens is 3. The molecule has 2 aliphatic rings. The van der Waals surface area contributed by atoms with Gasteiger partial charge in [0.25, 0.3) is 0 Å². The van der Waals surface area contributed by atoms with Crippen molar-refractivity contribution in [1.82, 2.24) is 25.4 Å². The Morgan fingerprint density at radius 1 is 1.39 bits per heavy atom. The van der Waals surface area contributed by atoms with E-state index < -0.39 is 0 Å². The van der Waals surface area contributed by atoms with Gasteiger partial charge in [0.15, 0.2) is 0 Å². The first-order valence-corrected chi connectivity index (χ1v) is 8.51. The lowest BCUT2D eigenvalue weighted by Crippen LogP contribution is -2.49. The molecule has 23 heavy (non-hydrogen) atoms. The molecule has 1 saturated heterocycles. The average Bonchev–Trinajstić information content (AvgIpc) is 3.11. The number of carbonyl (C=O) groups excluding carboxylic acids is 1. The van der Waals surface area contributed by atoms with Gasteiger partial charge in [0.1, 0.15) is 11.6 Å². The molecule has 7 heteroatoms. The second kappa shape index (κ2) is 6.97. The highest BCUT2D eigenvalue weighted by molar-refractivity contribution is 5.73. The predicted octanol–water partition coefficient (Wildman–Crippen LogP) is 0.729. The van der Waals surface area contributed by atoms with Gasteiger partial charge in [-0.2, -0.15) is 5.10 Å². The Labute approximate surface area is 137 Å². The van der Waals surface area contributed by atoms with E-state index in [-0.39, 0.29) is 18.1 Å². The Morgan fingerprint density at radius 3 is 2.74 bits per heavy atom. The molecule has 1 aromatic rings. The molecule has 7 nitrogen and oxygen atoms in total. The highest BCUT2D eigenvalue weighted by Crippen LogP contribution is 2.37. The van der Waals surface area contributed by atoms with Gasteiger partial charge in [0, 0.05) is 33.5 Å². The summed E-state index contributed by atoms with van der Waals surface area (Å²) in [5, 5.41) is 10.3. The first kappa shape index (κ1) is 16.4. The summed E-state index contributed by atoms with van der Waals surface area (Å²) in [4.78, 5) is 18.4. The van der Waals surface area contributed by atoms with E-state index >= 15 is 0 Å². The lowest BCUT2D eigenvalue weighted by Gasteiger charge is -2.37. The highest BCUT2D eigenvalue weighted by Gasteiger charge is 2.42. The Hall–Kier alpha value is -1.47. The Balaban J connectivity index is 1.60. The number of ether oxygens (including phenoxy) is 1. The van der Waals surface area contributed by atoms with Gasteiger partial charge in [-0.25, -0.2) is 4.98 Å². The van der Waals surface area contributed by atoms with E-state index in [0.29, 0.717) is 11.8 Å². The molecule has 3 rings (SSSR count). The van der Waals surface area contributed by atoms with Gasteiger partial charge in [0.2, 0.25) is 5.91 Å². The average molecular weight is 321 g/mol. The number of carbonyl (C=O) groups is 1. The van der Waals surface area contributed by atoms with Gasteiger partial charge in [0.05, 0.1) is 18.7 Å². The molecule has 1 aliphatic carbocycles. The summed E-state index contributed by atoms with van der Waals surface area (Å²) < 4.78 is 5.62. The number of H-pyrrole nitrogens is 1. The van der Waals surface area contributed by atoms with Crippen molar-refractivity contribution in [2.75, 3.05) is 20.2 Å². The Kier molecular flexibility index (Phi) is 4.96. The molecule has 0 spiro atoms. The minimum Gasteiger partial charge on any atom is -0.379 e. The molecule has 2 heterocycles. The van der Waals surface area contributed by atoms with Gasteiger partial charge in [-0.3, -0.25) is 14.8 Å². The molecule has 2 fully saturated rings. The monoisotopic (exact) mass is 321 g/mol. The number of amides is 1. The van der Waals surface area contributed by atoms with Crippen LogP contribution < -0.4 is 5.32 Å². The number of fused-ring (bicyclic) bond motifs is 1. The number of hydrogen-bond acceptors (Lipinski definition) is 5. The van der Waals surface area contributed by atoms with Gasteiger partial charge >= 0.3 is 0 Å².